The molecule has 0 saturated carbocycles. The zero-order chi connectivity index (χ0) is 13.0. The number of amides is 1. The minimum Gasteiger partial charge on any atom is -0.336 e. The van der Waals surface area contributed by atoms with Gasteiger partial charge in [0.25, 0.3) is 5.91 Å². The molecule has 90 valence electrons. The number of hydrogen-bond donors (Lipinski definition) is 1. The monoisotopic (exact) mass is 250 g/mol. The molecule has 1 rings (SSSR count). The van der Waals surface area contributed by atoms with Crippen molar-refractivity contribution in [3.05, 3.63) is 34.3 Å². The van der Waals surface area contributed by atoms with Gasteiger partial charge in [0.15, 0.2) is 0 Å². The maximum atomic E-state index is 11.9. The van der Waals surface area contributed by atoms with Gasteiger partial charge < -0.3 is 5.32 Å². The van der Waals surface area contributed by atoms with Crippen LogP contribution in [0.4, 0.5) is 0 Å². The third-order valence-corrected chi connectivity index (χ3v) is 2.76. The minimum absolute atomic E-state index is 0.0801. The standard InChI is InChI=1S/C13H15ClN2O/c1-8(2)12(7-15)16-13(17)11-5-4-10(14)6-9(11)3/h4-6,8,12H,1-3H3,(H,16,17). The smallest absolute Gasteiger partial charge is 0.252 e. The topological polar surface area (TPSA) is 52.9 Å². The van der Waals surface area contributed by atoms with E-state index in [-0.39, 0.29) is 11.8 Å². The fourth-order valence-corrected chi connectivity index (χ4v) is 1.68. The van der Waals surface area contributed by atoms with Crippen LogP contribution in [0.5, 0.6) is 0 Å². The number of hydrogen-bond acceptors (Lipinski definition) is 2. The lowest BCUT2D eigenvalue weighted by molar-refractivity contribution is 0.0937. The lowest BCUT2D eigenvalue weighted by Gasteiger charge is -2.15. The Morgan fingerprint density at radius 3 is 2.59 bits per heavy atom. The van der Waals surface area contributed by atoms with Crippen molar-refractivity contribution in [1.29, 1.82) is 5.26 Å². The third kappa shape index (κ3) is 3.47. The van der Waals surface area contributed by atoms with Gasteiger partial charge in [-0.1, -0.05) is 25.4 Å². The molecular weight excluding hydrogens is 236 g/mol. The van der Waals surface area contributed by atoms with Crippen LogP contribution >= 0.6 is 11.6 Å². The van der Waals surface area contributed by atoms with Crippen molar-refractivity contribution in [2.24, 2.45) is 5.92 Å². The predicted octanol–water partition coefficient (Wildman–Crippen LogP) is 2.93. The minimum atomic E-state index is -0.474. The summed E-state index contributed by atoms with van der Waals surface area (Å²) in [6.07, 6.45) is 0. The number of nitrogens with zero attached hydrogens (tertiary/aromatic N) is 1. The van der Waals surface area contributed by atoms with Crippen LogP contribution in [0.1, 0.15) is 29.8 Å². The molecule has 0 fully saturated rings. The van der Waals surface area contributed by atoms with E-state index in [4.69, 9.17) is 16.9 Å². The SMILES string of the molecule is Cc1cc(Cl)ccc1C(=O)NC(C#N)C(C)C. The summed E-state index contributed by atoms with van der Waals surface area (Å²) in [5.41, 5.74) is 1.35. The number of rotatable bonds is 3. The molecule has 1 amide bonds. The molecule has 17 heavy (non-hydrogen) atoms. The normalized spacial score (nSPS) is 12.0. The number of aryl methyl sites for hydroxylation is 1. The van der Waals surface area contributed by atoms with Crippen molar-refractivity contribution < 1.29 is 4.79 Å². The summed E-state index contributed by atoms with van der Waals surface area (Å²) < 4.78 is 0. The second kappa shape index (κ2) is 5.70. The molecule has 1 aromatic carbocycles. The van der Waals surface area contributed by atoms with Gasteiger partial charge in [0.05, 0.1) is 6.07 Å². The van der Waals surface area contributed by atoms with E-state index in [0.29, 0.717) is 10.6 Å². The van der Waals surface area contributed by atoms with Gasteiger partial charge in [-0.3, -0.25) is 4.79 Å². The Labute approximate surface area is 106 Å². The van der Waals surface area contributed by atoms with Gasteiger partial charge in [-0.05, 0) is 36.6 Å². The molecule has 0 radical (unpaired) electrons. The summed E-state index contributed by atoms with van der Waals surface area (Å²) in [6, 6.07) is 6.67. The zero-order valence-electron chi connectivity index (χ0n) is 10.1. The number of carbonyl (C=O) groups excluding carboxylic acids is 1. The molecule has 1 unspecified atom stereocenters. The molecule has 3 nitrogen and oxygen atoms in total. The average Bonchev–Trinajstić information content (AvgIpc) is 2.24. The Morgan fingerprint density at radius 2 is 2.12 bits per heavy atom. The van der Waals surface area contributed by atoms with Crippen molar-refractivity contribution >= 4 is 17.5 Å². The van der Waals surface area contributed by atoms with Crippen LogP contribution in [0.25, 0.3) is 0 Å². The first-order valence-electron chi connectivity index (χ1n) is 5.42. The van der Waals surface area contributed by atoms with Gasteiger partial charge >= 0.3 is 0 Å². The molecule has 0 saturated heterocycles. The maximum absolute atomic E-state index is 11.9. The lowest BCUT2D eigenvalue weighted by atomic mass is 10.0. The van der Waals surface area contributed by atoms with E-state index in [0.717, 1.165) is 5.56 Å². The van der Waals surface area contributed by atoms with E-state index in [2.05, 4.69) is 11.4 Å². The number of carbonyl (C=O) groups is 1. The third-order valence-electron chi connectivity index (χ3n) is 2.53. The van der Waals surface area contributed by atoms with Gasteiger partial charge in [-0.2, -0.15) is 5.26 Å². The van der Waals surface area contributed by atoms with E-state index >= 15 is 0 Å². The van der Waals surface area contributed by atoms with E-state index in [1.807, 2.05) is 20.8 Å². The van der Waals surface area contributed by atoms with Gasteiger partial charge in [0.2, 0.25) is 0 Å². The van der Waals surface area contributed by atoms with Crippen molar-refractivity contribution in [2.45, 2.75) is 26.8 Å². The zero-order valence-corrected chi connectivity index (χ0v) is 10.9. The molecule has 4 heteroatoms. The van der Waals surface area contributed by atoms with Crippen LogP contribution in [0.3, 0.4) is 0 Å². The summed E-state index contributed by atoms with van der Waals surface area (Å²) >= 11 is 5.82. The Balaban J connectivity index is 2.87. The molecule has 0 spiro atoms. The largest absolute Gasteiger partial charge is 0.336 e. The number of nitriles is 1. The van der Waals surface area contributed by atoms with E-state index in [1.54, 1.807) is 18.2 Å². The van der Waals surface area contributed by atoms with Crippen molar-refractivity contribution in [2.75, 3.05) is 0 Å². The molecule has 1 aromatic rings. The Morgan fingerprint density at radius 1 is 1.47 bits per heavy atom. The Hall–Kier alpha value is -1.53. The summed E-state index contributed by atoms with van der Waals surface area (Å²) in [6.45, 7) is 5.60. The molecule has 0 bridgehead atoms. The van der Waals surface area contributed by atoms with Crippen LogP contribution in [-0.4, -0.2) is 11.9 Å². The van der Waals surface area contributed by atoms with Crippen molar-refractivity contribution in [1.82, 2.24) is 5.32 Å². The summed E-state index contributed by atoms with van der Waals surface area (Å²) in [4.78, 5) is 11.9. The first-order chi connectivity index (χ1) is 7.95. The van der Waals surface area contributed by atoms with E-state index < -0.39 is 6.04 Å². The maximum Gasteiger partial charge on any atom is 0.252 e. The summed E-state index contributed by atoms with van der Waals surface area (Å²) in [5.74, 6) is -0.157. The first kappa shape index (κ1) is 13.5. The van der Waals surface area contributed by atoms with Gasteiger partial charge in [0.1, 0.15) is 6.04 Å². The van der Waals surface area contributed by atoms with Gasteiger partial charge in [-0.15, -0.1) is 0 Å². The van der Waals surface area contributed by atoms with Crippen LogP contribution in [0, 0.1) is 24.2 Å². The molecule has 0 aliphatic heterocycles. The Kier molecular flexibility index (Phi) is 4.53. The highest BCUT2D eigenvalue weighted by Crippen LogP contribution is 2.15. The molecule has 0 aliphatic carbocycles. The predicted molar refractivity (Wildman–Crippen MR) is 67.9 cm³/mol. The van der Waals surface area contributed by atoms with Crippen molar-refractivity contribution in [3.8, 4) is 6.07 Å². The summed E-state index contributed by atoms with van der Waals surface area (Å²) in [5, 5.41) is 12.2. The van der Waals surface area contributed by atoms with Crippen LogP contribution in [0.15, 0.2) is 18.2 Å². The molecule has 0 aliphatic rings. The molecule has 1 N–H and O–H groups in total. The molecule has 1 atom stereocenters. The lowest BCUT2D eigenvalue weighted by Crippen LogP contribution is -2.37. The van der Waals surface area contributed by atoms with Crippen LogP contribution < -0.4 is 5.32 Å². The number of nitrogens with one attached hydrogen (secondary N) is 1. The second-order valence-electron chi connectivity index (χ2n) is 4.28. The van der Waals surface area contributed by atoms with Gasteiger partial charge in [-0.25, -0.2) is 0 Å². The Bertz CT molecular complexity index is 463. The summed E-state index contributed by atoms with van der Waals surface area (Å²) in [7, 11) is 0. The highest BCUT2D eigenvalue weighted by molar-refractivity contribution is 6.30. The highest BCUT2D eigenvalue weighted by Gasteiger charge is 2.17. The first-order valence-corrected chi connectivity index (χ1v) is 5.80. The van der Waals surface area contributed by atoms with E-state index in [9.17, 15) is 4.79 Å². The molecular formula is C13H15ClN2O. The fraction of sp³-hybridized carbons (Fsp3) is 0.385. The fourth-order valence-electron chi connectivity index (χ4n) is 1.45. The van der Waals surface area contributed by atoms with Crippen molar-refractivity contribution in [3.63, 3.8) is 0 Å². The van der Waals surface area contributed by atoms with E-state index in [1.165, 1.54) is 0 Å². The number of halogens is 1. The van der Waals surface area contributed by atoms with Gasteiger partial charge in [0, 0.05) is 10.6 Å². The second-order valence-corrected chi connectivity index (χ2v) is 4.72. The van der Waals surface area contributed by atoms with Crippen LogP contribution in [0.2, 0.25) is 5.02 Å². The number of benzene rings is 1. The molecule has 0 aromatic heterocycles. The highest BCUT2D eigenvalue weighted by atomic mass is 35.5. The average molecular weight is 251 g/mol. The van der Waals surface area contributed by atoms with Crippen LogP contribution in [-0.2, 0) is 0 Å². The molecule has 0 heterocycles. The quantitative estimate of drug-likeness (QED) is 0.897.